The third-order valence-electron chi connectivity index (χ3n) is 3.59. The number of carbonyl (C=O) groups is 3. The highest BCUT2D eigenvalue weighted by molar-refractivity contribution is 6.32. The van der Waals surface area contributed by atoms with E-state index in [4.69, 9.17) is 31.5 Å². The first-order valence-corrected chi connectivity index (χ1v) is 8.74. The lowest BCUT2D eigenvalue weighted by molar-refractivity contribution is -0.153. The number of hydrogen-bond donors (Lipinski definition) is 2. The molecule has 27 heavy (non-hydrogen) atoms. The summed E-state index contributed by atoms with van der Waals surface area (Å²) in [6.07, 6.45) is 2.23. The van der Waals surface area contributed by atoms with Crippen LogP contribution in [0, 0.1) is 5.92 Å². The Hall–Kier alpha value is -2.74. The molecule has 1 atom stereocenters. The number of esters is 1. The molecule has 1 aromatic carbocycles. The summed E-state index contributed by atoms with van der Waals surface area (Å²) >= 11 is 6.20. The van der Waals surface area contributed by atoms with Crippen molar-refractivity contribution in [3.05, 3.63) is 28.8 Å². The van der Waals surface area contributed by atoms with Crippen molar-refractivity contribution in [2.24, 2.45) is 11.7 Å². The van der Waals surface area contributed by atoms with E-state index in [1.165, 1.54) is 6.08 Å². The highest BCUT2D eigenvalue weighted by Crippen LogP contribution is 2.38. The van der Waals surface area contributed by atoms with Crippen molar-refractivity contribution in [3.63, 3.8) is 0 Å². The Labute approximate surface area is 161 Å². The Balaban J connectivity index is 2.09. The fourth-order valence-electron chi connectivity index (χ4n) is 2.36. The van der Waals surface area contributed by atoms with Gasteiger partial charge < -0.3 is 19.9 Å². The Morgan fingerprint density at radius 2 is 1.96 bits per heavy atom. The molecule has 0 radical (unpaired) electrons. The zero-order chi connectivity index (χ0) is 20.0. The van der Waals surface area contributed by atoms with Crippen molar-refractivity contribution < 1.29 is 28.6 Å². The summed E-state index contributed by atoms with van der Waals surface area (Å²) in [6, 6.07) is 2.30. The van der Waals surface area contributed by atoms with Crippen LogP contribution in [-0.2, 0) is 14.3 Å². The maximum absolute atomic E-state index is 12.1. The molecule has 2 rings (SSSR count). The predicted octanol–water partition coefficient (Wildman–Crippen LogP) is 2.28. The number of nitrogens with one attached hydrogen (secondary N) is 1. The Morgan fingerprint density at radius 3 is 2.63 bits per heavy atom. The highest BCUT2D eigenvalue weighted by Gasteiger charge is 2.26. The maximum Gasteiger partial charge on any atom is 0.331 e. The number of halogens is 1. The van der Waals surface area contributed by atoms with Crippen LogP contribution in [-0.4, -0.2) is 37.2 Å². The fraction of sp³-hybridized carbons (Fsp3) is 0.389. The van der Waals surface area contributed by atoms with Gasteiger partial charge in [0.25, 0.3) is 5.91 Å². The first kappa shape index (κ1) is 20.6. The number of nitrogens with two attached hydrogens (primary N) is 1. The van der Waals surface area contributed by atoms with E-state index in [-0.39, 0.29) is 5.92 Å². The first-order valence-electron chi connectivity index (χ1n) is 8.36. The van der Waals surface area contributed by atoms with Crippen molar-refractivity contribution in [2.45, 2.75) is 26.4 Å². The lowest BCUT2D eigenvalue weighted by Crippen LogP contribution is -2.45. The van der Waals surface area contributed by atoms with Crippen LogP contribution in [0.3, 0.4) is 0 Å². The van der Waals surface area contributed by atoms with E-state index in [0.29, 0.717) is 35.3 Å². The molecule has 146 valence electrons. The van der Waals surface area contributed by atoms with E-state index in [1.54, 1.807) is 26.0 Å². The van der Waals surface area contributed by atoms with Crippen molar-refractivity contribution in [1.82, 2.24) is 5.32 Å². The van der Waals surface area contributed by atoms with Crippen LogP contribution in [0.5, 0.6) is 11.5 Å². The van der Waals surface area contributed by atoms with Gasteiger partial charge >= 0.3 is 12.0 Å². The average Bonchev–Trinajstić information content (AvgIpc) is 2.82. The van der Waals surface area contributed by atoms with Gasteiger partial charge in [-0.2, -0.15) is 0 Å². The Kier molecular flexibility index (Phi) is 7.06. The zero-order valence-corrected chi connectivity index (χ0v) is 15.7. The van der Waals surface area contributed by atoms with Gasteiger partial charge in [0.15, 0.2) is 17.6 Å². The number of ether oxygens (including phenoxy) is 3. The van der Waals surface area contributed by atoms with Crippen LogP contribution in [0.2, 0.25) is 5.02 Å². The summed E-state index contributed by atoms with van der Waals surface area (Å²) in [7, 11) is 0. The number of benzene rings is 1. The van der Waals surface area contributed by atoms with E-state index in [2.05, 4.69) is 0 Å². The third-order valence-corrected chi connectivity index (χ3v) is 3.87. The van der Waals surface area contributed by atoms with E-state index < -0.39 is 24.0 Å². The molecule has 0 saturated carbocycles. The standard InChI is InChI=1S/C18H21ClN2O6/c1-10(2)15(17(23)21-18(20)24)27-14(22)5-4-11-8-12(19)16-13(9-11)25-6-3-7-26-16/h4-5,8-10,15H,3,6-7H2,1-2H3,(H3,20,21,23,24)/b5-4+. The number of hydrogen-bond acceptors (Lipinski definition) is 6. The van der Waals surface area contributed by atoms with Crippen LogP contribution in [0.25, 0.3) is 6.08 Å². The number of carbonyl (C=O) groups excluding carboxylic acids is 3. The van der Waals surface area contributed by atoms with Gasteiger partial charge in [-0.25, -0.2) is 9.59 Å². The molecular weight excluding hydrogens is 376 g/mol. The first-order chi connectivity index (χ1) is 12.8. The molecule has 1 heterocycles. The molecule has 8 nitrogen and oxygen atoms in total. The molecule has 0 bridgehead atoms. The second kappa shape index (κ2) is 9.27. The summed E-state index contributed by atoms with van der Waals surface area (Å²) in [5.41, 5.74) is 5.52. The van der Waals surface area contributed by atoms with Crippen LogP contribution in [0.4, 0.5) is 4.79 Å². The maximum atomic E-state index is 12.1. The third kappa shape index (κ3) is 5.89. The van der Waals surface area contributed by atoms with Crippen molar-refractivity contribution in [2.75, 3.05) is 13.2 Å². The minimum Gasteiger partial charge on any atom is -0.489 e. The molecule has 0 aliphatic carbocycles. The monoisotopic (exact) mass is 396 g/mol. The minimum absolute atomic E-state index is 0.353. The van der Waals surface area contributed by atoms with E-state index >= 15 is 0 Å². The van der Waals surface area contributed by atoms with Crippen LogP contribution in [0.1, 0.15) is 25.8 Å². The summed E-state index contributed by atoms with van der Waals surface area (Å²) < 4.78 is 16.3. The second-order valence-corrected chi connectivity index (χ2v) is 6.58. The molecule has 3 N–H and O–H groups in total. The normalized spacial score (nSPS) is 14.5. The molecule has 9 heteroatoms. The van der Waals surface area contributed by atoms with Gasteiger partial charge in [0.2, 0.25) is 0 Å². The summed E-state index contributed by atoms with van der Waals surface area (Å²) in [4.78, 5) is 34.7. The quantitative estimate of drug-likeness (QED) is 0.582. The van der Waals surface area contributed by atoms with Gasteiger partial charge in [0, 0.05) is 12.5 Å². The van der Waals surface area contributed by atoms with Crippen LogP contribution >= 0.6 is 11.6 Å². The molecule has 0 saturated heterocycles. The van der Waals surface area contributed by atoms with E-state index in [1.807, 2.05) is 5.32 Å². The smallest absolute Gasteiger partial charge is 0.331 e. The minimum atomic E-state index is -1.15. The molecule has 0 aromatic heterocycles. The van der Waals surface area contributed by atoms with E-state index in [0.717, 1.165) is 12.5 Å². The molecule has 1 aromatic rings. The van der Waals surface area contributed by atoms with Crippen LogP contribution < -0.4 is 20.5 Å². The molecule has 1 unspecified atom stereocenters. The average molecular weight is 397 g/mol. The number of amides is 3. The fourth-order valence-corrected chi connectivity index (χ4v) is 2.63. The lowest BCUT2D eigenvalue weighted by atomic mass is 10.1. The summed E-state index contributed by atoms with van der Waals surface area (Å²) in [5.74, 6) is -0.922. The largest absolute Gasteiger partial charge is 0.489 e. The van der Waals surface area contributed by atoms with Crippen molar-refractivity contribution in [3.8, 4) is 11.5 Å². The topological polar surface area (TPSA) is 117 Å². The van der Waals surface area contributed by atoms with Gasteiger partial charge in [0.05, 0.1) is 18.2 Å². The number of rotatable bonds is 5. The van der Waals surface area contributed by atoms with Gasteiger partial charge in [0.1, 0.15) is 0 Å². The molecule has 3 amide bonds. The van der Waals surface area contributed by atoms with Crippen LogP contribution in [0.15, 0.2) is 18.2 Å². The zero-order valence-electron chi connectivity index (χ0n) is 15.0. The lowest BCUT2D eigenvalue weighted by Gasteiger charge is -2.18. The summed E-state index contributed by atoms with van der Waals surface area (Å²) in [5, 5.41) is 2.27. The molecule has 0 fully saturated rings. The van der Waals surface area contributed by atoms with Gasteiger partial charge in [-0.3, -0.25) is 10.1 Å². The van der Waals surface area contributed by atoms with Gasteiger partial charge in [-0.05, 0) is 29.7 Å². The van der Waals surface area contributed by atoms with E-state index in [9.17, 15) is 14.4 Å². The van der Waals surface area contributed by atoms with Crippen molar-refractivity contribution >= 4 is 35.6 Å². The molecule has 0 spiro atoms. The molecule has 1 aliphatic heterocycles. The molecular formula is C18H21ClN2O6. The van der Waals surface area contributed by atoms with Gasteiger partial charge in [-0.15, -0.1) is 0 Å². The predicted molar refractivity (Wildman–Crippen MR) is 98.5 cm³/mol. The number of urea groups is 1. The second-order valence-electron chi connectivity index (χ2n) is 6.17. The Morgan fingerprint density at radius 1 is 1.26 bits per heavy atom. The SMILES string of the molecule is CC(C)C(OC(=O)/C=C/c1cc(Cl)c2c(c1)OCCCO2)C(=O)NC(N)=O. The van der Waals surface area contributed by atoms with Gasteiger partial charge in [-0.1, -0.05) is 25.4 Å². The van der Waals surface area contributed by atoms with Crippen molar-refractivity contribution in [1.29, 1.82) is 0 Å². The number of imide groups is 1. The highest BCUT2D eigenvalue weighted by atomic mass is 35.5. The summed E-state index contributed by atoms with van der Waals surface area (Å²) in [6.45, 7) is 4.36. The Bertz CT molecular complexity index is 762. The molecule has 1 aliphatic rings. The number of primary amides is 1. The number of fused-ring (bicyclic) bond motifs is 1.